The molecule has 1 aliphatic heterocycles. The molecule has 3 amide bonds. The second-order valence-corrected chi connectivity index (χ2v) is 6.79. The summed E-state index contributed by atoms with van der Waals surface area (Å²) >= 11 is 0. The Morgan fingerprint density at radius 1 is 1.24 bits per heavy atom. The molecule has 0 unspecified atom stereocenters. The maximum Gasteiger partial charge on any atom is 0.251 e. The van der Waals surface area contributed by atoms with Crippen LogP contribution in [0.25, 0.3) is 0 Å². The van der Waals surface area contributed by atoms with E-state index in [-0.39, 0.29) is 36.1 Å². The third kappa shape index (κ3) is 5.31. The summed E-state index contributed by atoms with van der Waals surface area (Å²) in [6, 6.07) is 6.85. The van der Waals surface area contributed by atoms with Crippen LogP contribution in [0.4, 0.5) is 5.69 Å². The second kappa shape index (κ2) is 8.65. The average molecular weight is 345 g/mol. The number of benzene rings is 1. The van der Waals surface area contributed by atoms with Crippen molar-refractivity contribution >= 4 is 23.4 Å². The van der Waals surface area contributed by atoms with E-state index in [9.17, 15) is 14.4 Å². The Labute approximate surface area is 149 Å². The van der Waals surface area contributed by atoms with Gasteiger partial charge in [0.05, 0.1) is 5.92 Å². The highest BCUT2D eigenvalue weighted by molar-refractivity contribution is 5.98. The van der Waals surface area contributed by atoms with Crippen LogP contribution in [-0.2, 0) is 9.59 Å². The summed E-state index contributed by atoms with van der Waals surface area (Å²) in [5, 5.41) is 5.66. The Morgan fingerprint density at radius 2 is 1.92 bits per heavy atom. The lowest BCUT2D eigenvalue weighted by Gasteiger charge is -2.16. The highest BCUT2D eigenvalue weighted by Gasteiger charge is 2.33. The van der Waals surface area contributed by atoms with Gasteiger partial charge < -0.3 is 15.5 Å². The van der Waals surface area contributed by atoms with Crippen molar-refractivity contribution in [1.29, 1.82) is 0 Å². The van der Waals surface area contributed by atoms with Gasteiger partial charge in [0.1, 0.15) is 0 Å². The number of rotatable bonds is 7. The van der Waals surface area contributed by atoms with E-state index in [4.69, 9.17) is 0 Å². The molecular weight excluding hydrogens is 318 g/mol. The molecule has 2 N–H and O–H groups in total. The minimum Gasteiger partial charge on any atom is -0.350 e. The molecule has 1 saturated heterocycles. The van der Waals surface area contributed by atoms with Crippen molar-refractivity contribution in [2.45, 2.75) is 46.1 Å². The SMILES string of the molecule is CCCCN1C[C@H](C(=O)Nc2ccc(C(=O)NC(C)C)cc2)CC1=O. The molecule has 1 heterocycles. The quantitative estimate of drug-likeness (QED) is 0.796. The zero-order valence-corrected chi connectivity index (χ0v) is 15.2. The van der Waals surface area contributed by atoms with Crippen molar-refractivity contribution in [3.8, 4) is 0 Å². The molecule has 1 aromatic carbocycles. The monoisotopic (exact) mass is 345 g/mol. The molecule has 25 heavy (non-hydrogen) atoms. The van der Waals surface area contributed by atoms with Gasteiger partial charge in [-0.05, 0) is 44.5 Å². The minimum atomic E-state index is -0.312. The number of carbonyl (C=O) groups is 3. The molecule has 1 aliphatic rings. The lowest BCUT2D eigenvalue weighted by molar-refractivity contribution is -0.128. The van der Waals surface area contributed by atoms with Crippen molar-refractivity contribution < 1.29 is 14.4 Å². The topological polar surface area (TPSA) is 78.5 Å². The summed E-state index contributed by atoms with van der Waals surface area (Å²) in [6.45, 7) is 7.09. The number of nitrogens with one attached hydrogen (secondary N) is 2. The van der Waals surface area contributed by atoms with Gasteiger partial charge in [-0.2, -0.15) is 0 Å². The van der Waals surface area contributed by atoms with Crippen molar-refractivity contribution in [1.82, 2.24) is 10.2 Å². The molecule has 0 aliphatic carbocycles. The van der Waals surface area contributed by atoms with Gasteiger partial charge in [0.25, 0.3) is 5.91 Å². The summed E-state index contributed by atoms with van der Waals surface area (Å²) in [7, 11) is 0. The molecule has 2 rings (SSSR count). The molecule has 6 nitrogen and oxygen atoms in total. The molecule has 0 bridgehead atoms. The predicted molar refractivity (Wildman–Crippen MR) is 97.3 cm³/mol. The number of hydrogen-bond donors (Lipinski definition) is 2. The van der Waals surface area contributed by atoms with Crippen molar-refractivity contribution in [2.24, 2.45) is 5.92 Å². The lowest BCUT2D eigenvalue weighted by Crippen LogP contribution is -2.30. The summed E-state index contributed by atoms with van der Waals surface area (Å²) in [6.07, 6.45) is 2.25. The van der Waals surface area contributed by atoms with Crippen LogP contribution in [0, 0.1) is 5.92 Å². The number of unbranched alkanes of at least 4 members (excludes halogenated alkanes) is 1. The Hall–Kier alpha value is -2.37. The van der Waals surface area contributed by atoms with Gasteiger partial charge in [0.15, 0.2) is 0 Å². The maximum atomic E-state index is 12.4. The van der Waals surface area contributed by atoms with E-state index in [1.54, 1.807) is 29.2 Å². The fourth-order valence-electron chi connectivity index (χ4n) is 2.81. The summed E-state index contributed by atoms with van der Waals surface area (Å²) in [5.41, 5.74) is 1.18. The molecule has 1 atom stereocenters. The third-order valence-corrected chi connectivity index (χ3v) is 4.20. The maximum absolute atomic E-state index is 12.4. The number of anilines is 1. The van der Waals surface area contributed by atoms with Crippen molar-refractivity contribution in [2.75, 3.05) is 18.4 Å². The molecule has 6 heteroatoms. The molecule has 1 fully saturated rings. The number of nitrogens with zero attached hydrogens (tertiary/aromatic N) is 1. The van der Waals surface area contributed by atoms with E-state index in [2.05, 4.69) is 17.6 Å². The highest BCUT2D eigenvalue weighted by Crippen LogP contribution is 2.20. The van der Waals surface area contributed by atoms with E-state index in [1.807, 2.05) is 13.8 Å². The zero-order chi connectivity index (χ0) is 18.4. The van der Waals surface area contributed by atoms with E-state index >= 15 is 0 Å². The lowest BCUT2D eigenvalue weighted by atomic mass is 10.1. The van der Waals surface area contributed by atoms with E-state index in [1.165, 1.54) is 0 Å². The Balaban J connectivity index is 1.90. The Bertz CT molecular complexity index is 625. The van der Waals surface area contributed by atoms with E-state index in [0.29, 0.717) is 17.8 Å². The molecule has 1 aromatic rings. The van der Waals surface area contributed by atoms with Gasteiger partial charge in [0.2, 0.25) is 11.8 Å². The van der Waals surface area contributed by atoms with Crippen LogP contribution in [0.1, 0.15) is 50.4 Å². The van der Waals surface area contributed by atoms with Crippen LogP contribution in [0.2, 0.25) is 0 Å². The normalized spacial score (nSPS) is 17.0. The van der Waals surface area contributed by atoms with Gasteiger partial charge in [-0.3, -0.25) is 14.4 Å². The number of likely N-dealkylation sites (tertiary alicyclic amines) is 1. The summed E-state index contributed by atoms with van der Waals surface area (Å²) in [5.74, 6) is -0.546. The first-order valence-electron chi connectivity index (χ1n) is 8.90. The number of amides is 3. The van der Waals surface area contributed by atoms with Gasteiger partial charge in [0, 0.05) is 36.8 Å². The van der Waals surface area contributed by atoms with Crippen LogP contribution >= 0.6 is 0 Å². The summed E-state index contributed by atoms with van der Waals surface area (Å²) in [4.78, 5) is 38.0. The largest absolute Gasteiger partial charge is 0.350 e. The smallest absolute Gasteiger partial charge is 0.251 e. The number of carbonyl (C=O) groups excluding carboxylic acids is 3. The third-order valence-electron chi connectivity index (χ3n) is 4.20. The molecule has 0 radical (unpaired) electrons. The van der Waals surface area contributed by atoms with Crippen LogP contribution in [-0.4, -0.2) is 41.8 Å². The van der Waals surface area contributed by atoms with Crippen LogP contribution in [0.15, 0.2) is 24.3 Å². The fraction of sp³-hybridized carbons (Fsp3) is 0.526. The molecule has 0 aromatic heterocycles. The summed E-state index contributed by atoms with van der Waals surface area (Å²) < 4.78 is 0. The van der Waals surface area contributed by atoms with E-state index < -0.39 is 0 Å². The van der Waals surface area contributed by atoms with Crippen LogP contribution < -0.4 is 10.6 Å². The van der Waals surface area contributed by atoms with Gasteiger partial charge in [-0.25, -0.2) is 0 Å². The molecule has 136 valence electrons. The van der Waals surface area contributed by atoms with Gasteiger partial charge in [-0.15, -0.1) is 0 Å². The Kier molecular flexibility index (Phi) is 6.56. The first-order chi connectivity index (χ1) is 11.9. The molecular formula is C19H27N3O3. The van der Waals surface area contributed by atoms with Gasteiger partial charge >= 0.3 is 0 Å². The van der Waals surface area contributed by atoms with Gasteiger partial charge in [-0.1, -0.05) is 13.3 Å². The van der Waals surface area contributed by atoms with E-state index in [0.717, 1.165) is 19.4 Å². The second-order valence-electron chi connectivity index (χ2n) is 6.79. The van der Waals surface area contributed by atoms with Crippen molar-refractivity contribution in [3.05, 3.63) is 29.8 Å². The highest BCUT2D eigenvalue weighted by atomic mass is 16.2. The molecule has 0 saturated carbocycles. The van der Waals surface area contributed by atoms with Crippen LogP contribution in [0.5, 0.6) is 0 Å². The first-order valence-corrected chi connectivity index (χ1v) is 8.90. The zero-order valence-electron chi connectivity index (χ0n) is 15.2. The standard InChI is InChI=1S/C19H27N3O3/c1-4-5-10-22-12-15(11-17(22)23)19(25)21-16-8-6-14(7-9-16)18(24)20-13(2)3/h6-9,13,15H,4-5,10-12H2,1-3H3,(H,20,24)(H,21,25)/t15-/m1/s1. The molecule has 0 spiro atoms. The van der Waals surface area contributed by atoms with Crippen molar-refractivity contribution in [3.63, 3.8) is 0 Å². The first kappa shape index (κ1) is 19.0. The Morgan fingerprint density at radius 3 is 2.52 bits per heavy atom. The fourth-order valence-corrected chi connectivity index (χ4v) is 2.81. The number of hydrogen-bond acceptors (Lipinski definition) is 3. The average Bonchev–Trinajstić information content (AvgIpc) is 2.94. The minimum absolute atomic E-state index is 0.0503. The van der Waals surface area contributed by atoms with Crippen LogP contribution in [0.3, 0.4) is 0 Å². The predicted octanol–water partition coefficient (Wildman–Crippen LogP) is 2.41.